The summed E-state index contributed by atoms with van der Waals surface area (Å²) in [4.78, 5) is 0. The van der Waals surface area contributed by atoms with Crippen LogP contribution >= 0.6 is 0 Å². The number of hydrogen-bond acceptors (Lipinski definition) is 1. The Hall–Kier alpha value is -0.0400. The maximum atomic E-state index is 5.92. The minimum Gasteiger partial charge on any atom is -0.381 e. The lowest BCUT2D eigenvalue weighted by molar-refractivity contribution is 0.125. The van der Waals surface area contributed by atoms with Crippen molar-refractivity contribution in [3.8, 4) is 0 Å². The monoisotopic (exact) mass is 719 g/mol. The van der Waals surface area contributed by atoms with Crippen LogP contribution in [-0.2, 0) is 4.74 Å². The molecule has 0 heterocycles. The Morgan fingerprint density at radius 2 is 0.275 bits per heavy atom. The average Bonchev–Trinajstić information content (AvgIpc) is 3.14. The summed E-state index contributed by atoms with van der Waals surface area (Å²) < 4.78 is 5.92. The van der Waals surface area contributed by atoms with Gasteiger partial charge in [-0.25, -0.2) is 0 Å². The van der Waals surface area contributed by atoms with Crippen LogP contribution in [0.15, 0.2) is 0 Å². The second-order valence-electron chi connectivity index (χ2n) is 17.2. The molecule has 1 nitrogen and oxygen atoms in total. The van der Waals surface area contributed by atoms with Gasteiger partial charge in [-0.3, -0.25) is 0 Å². The third-order valence-corrected chi connectivity index (χ3v) is 11.8. The minimum absolute atomic E-state index is 0.998. The molecule has 0 fully saturated rings. The summed E-state index contributed by atoms with van der Waals surface area (Å²) in [6, 6.07) is 0. The van der Waals surface area contributed by atoms with Gasteiger partial charge in [-0.2, -0.15) is 0 Å². The van der Waals surface area contributed by atoms with Crippen molar-refractivity contribution in [2.24, 2.45) is 0 Å². The molecule has 0 spiro atoms. The van der Waals surface area contributed by atoms with E-state index in [4.69, 9.17) is 4.74 Å². The van der Waals surface area contributed by atoms with Crippen molar-refractivity contribution >= 4 is 0 Å². The molecule has 51 heavy (non-hydrogen) atoms. The van der Waals surface area contributed by atoms with E-state index in [1.165, 1.54) is 295 Å². The second-order valence-corrected chi connectivity index (χ2v) is 17.2. The average molecular weight is 719 g/mol. The molecule has 0 aromatic heterocycles. The Kier molecular flexibility index (Phi) is 49.9. The molecule has 1 heteroatoms. The van der Waals surface area contributed by atoms with E-state index in [2.05, 4.69) is 13.8 Å². The van der Waals surface area contributed by atoms with Crippen LogP contribution in [0.3, 0.4) is 0 Å². The summed E-state index contributed by atoms with van der Waals surface area (Å²) in [6.45, 7) is 6.62. The van der Waals surface area contributed by atoms with Crippen LogP contribution in [0.1, 0.15) is 309 Å². The topological polar surface area (TPSA) is 9.23 Å². The van der Waals surface area contributed by atoms with Crippen molar-refractivity contribution in [1.29, 1.82) is 0 Å². The SMILES string of the molecule is CCCCCCCCCCCCCCCCCCCCCCCCCCCCCCOCCCCCCCCCCCCCCCCCCCC. The predicted molar refractivity (Wildman–Crippen MR) is 235 cm³/mol. The highest BCUT2D eigenvalue weighted by Crippen LogP contribution is 2.17. The number of rotatable bonds is 48. The summed E-state index contributed by atoms with van der Waals surface area (Å²) in [5.74, 6) is 0. The molecule has 0 N–H and O–H groups in total. The zero-order valence-electron chi connectivity index (χ0n) is 36.3. The van der Waals surface area contributed by atoms with Crippen LogP contribution in [0.4, 0.5) is 0 Å². The van der Waals surface area contributed by atoms with Gasteiger partial charge in [0.15, 0.2) is 0 Å². The van der Waals surface area contributed by atoms with Gasteiger partial charge in [-0.1, -0.05) is 296 Å². The Bertz CT molecular complexity index is 509. The zero-order chi connectivity index (χ0) is 36.6. The fourth-order valence-electron chi connectivity index (χ4n) is 8.08. The fourth-order valence-corrected chi connectivity index (χ4v) is 8.08. The van der Waals surface area contributed by atoms with Gasteiger partial charge in [0.2, 0.25) is 0 Å². The molecule has 0 aliphatic rings. The molecule has 0 aliphatic heterocycles. The molecule has 0 aliphatic carbocycles. The molecule has 0 amide bonds. The first-order valence-corrected chi connectivity index (χ1v) is 25.0. The summed E-state index contributed by atoms with van der Waals surface area (Å²) in [5.41, 5.74) is 0. The van der Waals surface area contributed by atoms with E-state index in [0.717, 1.165) is 13.2 Å². The molecule has 0 radical (unpaired) electrons. The third kappa shape index (κ3) is 50.0. The maximum absolute atomic E-state index is 5.92. The van der Waals surface area contributed by atoms with E-state index < -0.39 is 0 Å². The van der Waals surface area contributed by atoms with Crippen molar-refractivity contribution < 1.29 is 4.74 Å². The summed E-state index contributed by atoms with van der Waals surface area (Å²) in [6.07, 6.45) is 67.0. The largest absolute Gasteiger partial charge is 0.381 e. The number of hydrogen-bond donors (Lipinski definition) is 0. The highest BCUT2D eigenvalue weighted by atomic mass is 16.5. The van der Waals surface area contributed by atoms with Crippen LogP contribution < -0.4 is 0 Å². The molecule has 0 saturated carbocycles. The van der Waals surface area contributed by atoms with Gasteiger partial charge in [-0.15, -0.1) is 0 Å². The van der Waals surface area contributed by atoms with Gasteiger partial charge < -0.3 is 4.74 Å². The van der Waals surface area contributed by atoms with E-state index in [9.17, 15) is 0 Å². The molecule has 0 aromatic carbocycles. The van der Waals surface area contributed by atoms with Crippen molar-refractivity contribution in [2.75, 3.05) is 13.2 Å². The second kappa shape index (κ2) is 50.0. The lowest BCUT2D eigenvalue weighted by Crippen LogP contribution is -1.97. The van der Waals surface area contributed by atoms with Gasteiger partial charge in [0.25, 0.3) is 0 Å². The summed E-state index contributed by atoms with van der Waals surface area (Å²) >= 11 is 0. The van der Waals surface area contributed by atoms with Gasteiger partial charge in [0.05, 0.1) is 0 Å². The van der Waals surface area contributed by atoms with E-state index in [1.807, 2.05) is 0 Å². The smallest absolute Gasteiger partial charge is 0.0466 e. The van der Waals surface area contributed by atoms with Gasteiger partial charge in [0, 0.05) is 13.2 Å². The fraction of sp³-hybridized carbons (Fsp3) is 1.00. The summed E-state index contributed by atoms with van der Waals surface area (Å²) in [5, 5.41) is 0. The first-order valence-electron chi connectivity index (χ1n) is 25.0. The standard InChI is InChI=1S/C50H102O/c1-3-5-7-9-11-13-15-17-19-21-23-24-25-26-27-28-29-30-31-32-34-36-38-40-42-44-46-48-50-51-49-47-45-43-41-39-37-35-33-22-20-18-16-14-12-10-8-6-4-2/h3-50H2,1-2H3. The first kappa shape index (κ1) is 51.0. The highest BCUT2D eigenvalue weighted by molar-refractivity contribution is 4.54. The molecule has 0 unspecified atom stereocenters. The van der Waals surface area contributed by atoms with E-state index in [0.29, 0.717) is 0 Å². The molecule has 0 rings (SSSR count). The molecular weight excluding hydrogens is 617 g/mol. The number of unbranched alkanes of at least 4 members (excludes halogenated alkanes) is 44. The van der Waals surface area contributed by atoms with Crippen molar-refractivity contribution in [3.05, 3.63) is 0 Å². The Morgan fingerprint density at radius 3 is 0.412 bits per heavy atom. The lowest BCUT2D eigenvalue weighted by atomic mass is 10.0. The normalized spacial score (nSPS) is 11.6. The van der Waals surface area contributed by atoms with Crippen LogP contribution in [0.25, 0.3) is 0 Å². The van der Waals surface area contributed by atoms with Gasteiger partial charge in [-0.05, 0) is 12.8 Å². The van der Waals surface area contributed by atoms with Crippen LogP contribution in [0.2, 0.25) is 0 Å². The van der Waals surface area contributed by atoms with Crippen LogP contribution in [-0.4, -0.2) is 13.2 Å². The first-order chi connectivity index (χ1) is 25.4. The van der Waals surface area contributed by atoms with Gasteiger partial charge in [0.1, 0.15) is 0 Å². The van der Waals surface area contributed by atoms with Crippen LogP contribution in [0.5, 0.6) is 0 Å². The summed E-state index contributed by atoms with van der Waals surface area (Å²) in [7, 11) is 0. The zero-order valence-corrected chi connectivity index (χ0v) is 36.3. The Balaban J connectivity index is 3.04. The van der Waals surface area contributed by atoms with E-state index in [-0.39, 0.29) is 0 Å². The molecule has 0 aromatic rings. The molecule has 0 atom stereocenters. The van der Waals surface area contributed by atoms with Crippen molar-refractivity contribution in [2.45, 2.75) is 309 Å². The van der Waals surface area contributed by atoms with E-state index >= 15 is 0 Å². The molecule has 0 bridgehead atoms. The minimum atomic E-state index is 0.998. The van der Waals surface area contributed by atoms with Crippen LogP contribution in [0, 0.1) is 0 Å². The lowest BCUT2D eigenvalue weighted by Gasteiger charge is -2.06. The predicted octanol–water partition coefficient (Wildman–Crippen LogP) is 19.0. The van der Waals surface area contributed by atoms with Gasteiger partial charge >= 0.3 is 0 Å². The molecular formula is C50H102O. The van der Waals surface area contributed by atoms with Crippen molar-refractivity contribution in [1.82, 2.24) is 0 Å². The maximum Gasteiger partial charge on any atom is 0.0466 e. The van der Waals surface area contributed by atoms with Crippen molar-refractivity contribution in [3.63, 3.8) is 0 Å². The quantitative estimate of drug-likeness (QED) is 0.0569. The highest BCUT2D eigenvalue weighted by Gasteiger charge is 1.99. The Labute approximate surface area is 326 Å². The molecule has 0 saturated heterocycles. The Morgan fingerprint density at radius 1 is 0.157 bits per heavy atom. The third-order valence-electron chi connectivity index (χ3n) is 11.8. The van der Waals surface area contributed by atoms with E-state index in [1.54, 1.807) is 0 Å². The number of ether oxygens (including phenoxy) is 1. The molecule has 308 valence electrons.